The Kier molecular flexibility index (Phi) is 2.02. The molecule has 0 spiro atoms. The van der Waals surface area contributed by atoms with Gasteiger partial charge in [-0.2, -0.15) is 0 Å². The van der Waals surface area contributed by atoms with Crippen LogP contribution in [-0.4, -0.2) is 16.0 Å². The van der Waals surface area contributed by atoms with Crippen LogP contribution in [0.3, 0.4) is 0 Å². The fourth-order valence-corrected chi connectivity index (χ4v) is 1.37. The monoisotopic (exact) mass is 187 g/mol. The van der Waals surface area contributed by atoms with E-state index in [-0.39, 0.29) is 5.84 Å². The molecule has 0 aliphatic rings. The molecule has 0 amide bonds. The summed E-state index contributed by atoms with van der Waals surface area (Å²) in [5.41, 5.74) is 7.06. The first kappa shape index (κ1) is 8.50. The summed E-state index contributed by atoms with van der Waals surface area (Å²) < 4.78 is 0. The predicted molar refractivity (Wildman–Crippen MR) is 54.3 cm³/mol. The Morgan fingerprint density at radius 3 is 2.86 bits per heavy atom. The molecular weight excluding hydrogens is 178 g/mol. The molecule has 0 unspecified atom stereocenters. The predicted octanol–water partition coefficient (Wildman–Crippen LogP) is 1.33. The van der Waals surface area contributed by atoms with Gasteiger partial charge >= 0.3 is 0 Å². The third-order valence-electron chi connectivity index (χ3n) is 2.03. The molecule has 1 aromatic heterocycles. The van der Waals surface area contributed by atoms with Gasteiger partial charge in [0.05, 0.1) is 5.52 Å². The quantitative estimate of drug-likeness (QED) is 0.306. The number of rotatable bonds is 1. The molecule has 0 bridgehead atoms. The average Bonchev–Trinajstić information content (AvgIpc) is 2.27. The lowest BCUT2D eigenvalue weighted by atomic mass is 10.1. The molecule has 0 fully saturated rings. The topological polar surface area (TPSA) is 71.5 Å². The minimum absolute atomic E-state index is 0.101. The lowest BCUT2D eigenvalue weighted by Gasteiger charge is -2.02. The molecule has 4 nitrogen and oxygen atoms in total. The van der Waals surface area contributed by atoms with Crippen molar-refractivity contribution in [2.45, 2.75) is 0 Å². The summed E-state index contributed by atoms with van der Waals surface area (Å²) in [6.07, 6.45) is 1.63. The van der Waals surface area contributed by atoms with E-state index in [4.69, 9.17) is 10.9 Å². The second-order valence-corrected chi connectivity index (χ2v) is 2.86. The van der Waals surface area contributed by atoms with Crippen molar-refractivity contribution in [3.8, 4) is 0 Å². The molecule has 2 aromatic rings. The number of nitrogens with zero attached hydrogens (tertiary/aromatic N) is 2. The Balaban J connectivity index is 2.77. The number of hydrogen-bond donors (Lipinski definition) is 2. The minimum atomic E-state index is 0.101. The van der Waals surface area contributed by atoms with E-state index in [9.17, 15) is 0 Å². The van der Waals surface area contributed by atoms with E-state index in [1.165, 1.54) is 0 Å². The minimum Gasteiger partial charge on any atom is -0.409 e. The van der Waals surface area contributed by atoms with Gasteiger partial charge in [0.25, 0.3) is 0 Å². The Labute approximate surface area is 80.7 Å². The van der Waals surface area contributed by atoms with Crippen molar-refractivity contribution in [2.75, 3.05) is 0 Å². The number of oxime groups is 1. The summed E-state index contributed by atoms with van der Waals surface area (Å²) >= 11 is 0. The number of benzene rings is 1. The Morgan fingerprint density at radius 2 is 2.07 bits per heavy atom. The zero-order valence-corrected chi connectivity index (χ0v) is 7.38. The van der Waals surface area contributed by atoms with Crippen LogP contribution in [0.1, 0.15) is 5.56 Å². The van der Waals surface area contributed by atoms with Crippen LogP contribution >= 0.6 is 0 Å². The number of nitrogens with two attached hydrogens (primary N) is 1. The summed E-state index contributed by atoms with van der Waals surface area (Å²) in [6, 6.07) is 9.26. The highest BCUT2D eigenvalue weighted by molar-refractivity contribution is 6.07. The third kappa shape index (κ3) is 1.26. The lowest BCUT2D eigenvalue weighted by Crippen LogP contribution is -2.13. The fraction of sp³-hybridized carbons (Fsp3) is 0. The highest BCUT2D eigenvalue weighted by atomic mass is 16.4. The SMILES string of the molecule is N/C(=N\O)c1ccnc2ccccc12. The number of para-hydroxylation sites is 1. The molecular formula is C10H9N3O. The van der Waals surface area contributed by atoms with Gasteiger partial charge in [-0.3, -0.25) is 4.98 Å². The van der Waals surface area contributed by atoms with Crippen molar-refractivity contribution < 1.29 is 5.21 Å². The summed E-state index contributed by atoms with van der Waals surface area (Å²) in [7, 11) is 0. The van der Waals surface area contributed by atoms with Crippen LogP contribution in [0, 0.1) is 0 Å². The molecule has 0 saturated carbocycles. The van der Waals surface area contributed by atoms with E-state index in [2.05, 4.69) is 10.1 Å². The van der Waals surface area contributed by atoms with Gasteiger partial charge < -0.3 is 10.9 Å². The molecule has 3 N–H and O–H groups in total. The molecule has 0 aliphatic carbocycles. The van der Waals surface area contributed by atoms with Crippen LogP contribution in [0.15, 0.2) is 41.7 Å². The van der Waals surface area contributed by atoms with E-state index >= 15 is 0 Å². The Morgan fingerprint density at radius 1 is 1.29 bits per heavy atom. The Hall–Kier alpha value is -2.10. The molecule has 2 rings (SSSR count). The standard InChI is InChI=1S/C10H9N3O/c11-10(13-14)8-5-6-12-9-4-2-1-3-7(8)9/h1-6,14H,(H2,11,13). The number of fused-ring (bicyclic) bond motifs is 1. The van der Waals surface area contributed by atoms with E-state index in [0.717, 1.165) is 10.9 Å². The van der Waals surface area contributed by atoms with Crippen molar-refractivity contribution in [2.24, 2.45) is 10.9 Å². The second kappa shape index (κ2) is 3.33. The van der Waals surface area contributed by atoms with Gasteiger partial charge in [0, 0.05) is 17.1 Å². The van der Waals surface area contributed by atoms with Gasteiger partial charge in [-0.25, -0.2) is 0 Å². The van der Waals surface area contributed by atoms with Gasteiger partial charge in [-0.05, 0) is 12.1 Å². The first-order valence-electron chi connectivity index (χ1n) is 4.14. The molecule has 70 valence electrons. The maximum atomic E-state index is 8.59. The van der Waals surface area contributed by atoms with Crippen LogP contribution in [0.5, 0.6) is 0 Å². The van der Waals surface area contributed by atoms with Gasteiger partial charge in [0.15, 0.2) is 5.84 Å². The number of pyridine rings is 1. The van der Waals surface area contributed by atoms with E-state index < -0.39 is 0 Å². The molecule has 14 heavy (non-hydrogen) atoms. The molecule has 0 saturated heterocycles. The maximum Gasteiger partial charge on any atom is 0.170 e. The van der Waals surface area contributed by atoms with E-state index in [1.807, 2.05) is 24.3 Å². The van der Waals surface area contributed by atoms with Gasteiger partial charge in [-0.15, -0.1) is 0 Å². The first-order valence-corrected chi connectivity index (χ1v) is 4.14. The smallest absolute Gasteiger partial charge is 0.170 e. The third-order valence-corrected chi connectivity index (χ3v) is 2.03. The van der Waals surface area contributed by atoms with Crippen LogP contribution in [0.2, 0.25) is 0 Å². The van der Waals surface area contributed by atoms with Crippen molar-refractivity contribution in [1.82, 2.24) is 4.98 Å². The Bertz CT molecular complexity index is 488. The summed E-state index contributed by atoms with van der Waals surface area (Å²) in [4.78, 5) is 4.17. The highest BCUT2D eigenvalue weighted by Crippen LogP contribution is 2.15. The summed E-state index contributed by atoms with van der Waals surface area (Å²) in [5.74, 6) is 0.101. The highest BCUT2D eigenvalue weighted by Gasteiger charge is 2.04. The molecule has 0 atom stereocenters. The maximum absolute atomic E-state index is 8.59. The fourth-order valence-electron chi connectivity index (χ4n) is 1.37. The van der Waals surface area contributed by atoms with E-state index in [0.29, 0.717) is 5.56 Å². The van der Waals surface area contributed by atoms with E-state index in [1.54, 1.807) is 12.3 Å². The van der Waals surface area contributed by atoms with Gasteiger partial charge in [0.1, 0.15) is 0 Å². The van der Waals surface area contributed by atoms with Crippen LogP contribution in [0.4, 0.5) is 0 Å². The van der Waals surface area contributed by atoms with Crippen molar-refractivity contribution >= 4 is 16.7 Å². The molecule has 4 heteroatoms. The van der Waals surface area contributed by atoms with Gasteiger partial charge in [0.2, 0.25) is 0 Å². The van der Waals surface area contributed by atoms with Crippen LogP contribution in [-0.2, 0) is 0 Å². The lowest BCUT2D eigenvalue weighted by molar-refractivity contribution is 0.318. The number of aromatic nitrogens is 1. The zero-order valence-electron chi connectivity index (χ0n) is 7.38. The first-order chi connectivity index (χ1) is 6.83. The second-order valence-electron chi connectivity index (χ2n) is 2.86. The van der Waals surface area contributed by atoms with Crippen LogP contribution in [0.25, 0.3) is 10.9 Å². The number of hydrogen-bond acceptors (Lipinski definition) is 3. The molecule has 0 aliphatic heterocycles. The normalized spacial score (nSPS) is 11.9. The summed E-state index contributed by atoms with van der Waals surface area (Å²) in [6.45, 7) is 0. The van der Waals surface area contributed by atoms with Crippen LogP contribution < -0.4 is 5.73 Å². The molecule has 1 aromatic carbocycles. The zero-order chi connectivity index (χ0) is 9.97. The molecule has 0 radical (unpaired) electrons. The van der Waals surface area contributed by atoms with Crippen molar-refractivity contribution in [3.63, 3.8) is 0 Å². The summed E-state index contributed by atoms with van der Waals surface area (Å²) in [5, 5.41) is 12.4. The molecule has 1 heterocycles. The van der Waals surface area contributed by atoms with Crippen molar-refractivity contribution in [3.05, 3.63) is 42.1 Å². The average molecular weight is 187 g/mol. The van der Waals surface area contributed by atoms with Crippen molar-refractivity contribution in [1.29, 1.82) is 0 Å². The number of amidine groups is 1. The van der Waals surface area contributed by atoms with Gasteiger partial charge in [-0.1, -0.05) is 23.4 Å². The largest absolute Gasteiger partial charge is 0.409 e.